The molecule has 0 saturated carbocycles. The van der Waals surface area contributed by atoms with Crippen molar-refractivity contribution in [3.05, 3.63) is 0 Å². The summed E-state index contributed by atoms with van der Waals surface area (Å²) in [6.45, 7) is 1.66. The third-order valence-electron chi connectivity index (χ3n) is 1.23. The van der Waals surface area contributed by atoms with Crippen molar-refractivity contribution in [1.29, 1.82) is 0 Å². The van der Waals surface area contributed by atoms with Gasteiger partial charge in [-0.2, -0.15) is 0 Å². The van der Waals surface area contributed by atoms with Crippen molar-refractivity contribution < 1.29 is 14.3 Å². The average molecular weight is 129 g/mol. The molecular weight excluding hydrogens is 122 g/mol. The van der Waals surface area contributed by atoms with E-state index in [0.717, 1.165) is 0 Å². The van der Waals surface area contributed by atoms with Gasteiger partial charge in [0.15, 0.2) is 0 Å². The molecule has 1 N–H and O–H groups in total. The zero-order chi connectivity index (χ0) is 6.85. The second-order valence-electron chi connectivity index (χ2n) is 1.92. The Balaban J connectivity index is 2.57. The molecule has 0 aromatic rings. The zero-order valence-electron chi connectivity index (χ0n) is 4.96. The molecule has 1 aliphatic heterocycles. The van der Waals surface area contributed by atoms with Gasteiger partial charge in [-0.1, -0.05) is 0 Å². The molecular formula is C5H7NO3. The Labute approximate surface area is 52.2 Å². The lowest BCUT2D eigenvalue weighted by Gasteiger charge is -2.01. The molecule has 1 amide bonds. The lowest BCUT2D eigenvalue weighted by Crippen LogP contribution is -2.31. The number of amides is 1. The molecule has 0 aromatic heterocycles. The average Bonchev–Trinajstić information content (AvgIpc) is 2.10. The fraction of sp³-hybridized carbons (Fsp3) is 0.600. The number of hydrogen-bond donors (Lipinski definition) is 1. The van der Waals surface area contributed by atoms with Gasteiger partial charge in [0, 0.05) is 0 Å². The van der Waals surface area contributed by atoms with Crippen LogP contribution in [0, 0.1) is 0 Å². The lowest BCUT2D eigenvalue weighted by molar-refractivity contribution is -0.110. The Bertz CT molecular complexity index is 145. The Hall–Kier alpha value is -1.06. The third kappa shape index (κ3) is 1.01. The van der Waals surface area contributed by atoms with E-state index < -0.39 is 12.1 Å². The molecule has 0 aromatic carbocycles. The van der Waals surface area contributed by atoms with E-state index in [2.05, 4.69) is 10.1 Å². The summed E-state index contributed by atoms with van der Waals surface area (Å²) >= 11 is 0. The number of carbonyl (C=O) groups is 2. The maximum Gasteiger partial charge on any atom is 0.408 e. The molecule has 0 aliphatic carbocycles. The summed E-state index contributed by atoms with van der Waals surface area (Å²) in [5.74, 6) is 0. The van der Waals surface area contributed by atoms with Crippen LogP contribution in [-0.4, -0.2) is 24.5 Å². The molecule has 1 aliphatic rings. The number of ether oxygens (including phenoxy) is 1. The minimum absolute atomic E-state index is 0.324. The van der Waals surface area contributed by atoms with Crippen LogP contribution >= 0.6 is 0 Å². The highest BCUT2D eigenvalue weighted by atomic mass is 16.6. The minimum Gasteiger partial charge on any atom is -0.444 e. The van der Waals surface area contributed by atoms with Crippen LogP contribution in [0.25, 0.3) is 0 Å². The second-order valence-corrected chi connectivity index (χ2v) is 1.92. The van der Waals surface area contributed by atoms with Crippen molar-refractivity contribution in [1.82, 2.24) is 5.32 Å². The highest BCUT2D eigenvalue weighted by Crippen LogP contribution is 2.04. The van der Waals surface area contributed by atoms with Crippen molar-refractivity contribution in [2.45, 2.75) is 19.1 Å². The first-order valence-corrected chi connectivity index (χ1v) is 2.66. The largest absolute Gasteiger partial charge is 0.444 e. The quantitative estimate of drug-likeness (QED) is 0.494. The monoisotopic (exact) mass is 129 g/mol. The van der Waals surface area contributed by atoms with Crippen molar-refractivity contribution in [3.63, 3.8) is 0 Å². The first kappa shape index (κ1) is 6.07. The molecule has 50 valence electrons. The van der Waals surface area contributed by atoms with Gasteiger partial charge in [-0.15, -0.1) is 0 Å². The first-order chi connectivity index (χ1) is 4.24. The highest BCUT2D eigenvalue weighted by Gasteiger charge is 2.29. The molecule has 9 heavy (non-hydrogen) atoms. The van der Waals surface area contributed by atoms with E-state index in [0.29, 0.717) is 6.29 Å². The highest BCUT2D eigenvalue weighted by molar-refractivity contribution is 5.77. The number of carbonyl (C=O) groups excluding carboxylic acids is 2. The van der Waals surface area contributed by atoms with Gasteiger partial charge in [-0.25, -0.2) is 4.79 Å². The van der Waals surface area contributed by atoms with E-state index >= 15 is 0 Å². The summed E-state index contributed by atoms with van der Waals surface area (Å²) in [7, 11) is 0. The number of aldehydes is 1. The Kier molecular flexibility index (Phi) is 1.38. The third-order valence-corrected chi connectivity index (χ3v) is 1.23. The number of cyclic esters (lactones) is 1. The Morgan fingerprint density at radius 2 is 2.44 bits per heavy atom. The van der Waals surface area contributed by atoms with Crippen LogP contribution in [0.4, 0.5) is 4.79 Å². The molecule has 0 unspecified atom stereocenters. The van der Waals surface area contributed by atoms with E-state index in [-0.39, 0.29) is 6.10 Å². The van der Waals surface area contributed by atoms with Gasteiger partial charge in [0.1, 0.15) is 18.4 Å². The number of alkyl carbamates (subject to hydrolysis) is 1. The van der Waals surface area contributed by atoms with Gasteiger partial charge in [0.2, 0.25) is 0 Å². The van der Waals surface area contributed by atoms with Gasteiger partial charge in [0.25, 0.3) is 0 Å². The number of hydrogen-bond acceptors (Lipinski definition) is 3. The SMILES string of the molecule is C[C@@H]1OC(=O)N[C@H]1C=O. The van der Waals surface area contributed by atoms with Gasteiger partial charge in [-0.05, 0) is 6.92 Å². The smallest absolute Gasteiger partial charge is 0.408 e. The molecule has 1 fully saturated rings. The summed E-state index contributed by atoms with van der Waals surface area (Å²) in [5, 5.41) is 2.32. The maximum atomic E-state index is 10.3. The van der Waals surface area contributed by atoms with Crippen molar-refractivity contribution in [2.75, 3.05) is 0 Å². The maximum absolute atomic E-state index is 10.3. The van der Waals surface area contributed by atoms with Crippen LogP contribution < -0.4 is 5.32 Å². The minimum atomic E-state index is -0.514. The number of nitrogens with one attached hydrogen (secondary N) is 1. The van der Waals surface area contributed by atoms with Crippen molar-refractivity contribution in [2.24, 2.45) is 0 Å². The normalized spacial score (nSPS) is 33.2. The molecule has 2 atom stereocenters. The fourth-order valence-electron chi connectivity index (χ4n) is 0.674. The van der Waals surface area contributed by atoms with Crippen LogP contribution in [-0.2, 0) is 9.53 Å². The summed E-state index contributed by atoms with van der Waals surface area (Å²) in [6, 6.07) is -0.461. The standard InChI is InChI=1S/C5H7NO3/c1-3-4(2-7)6-5(8)9-3/h2-4H,1H3,(H,6,8)/t3-,4-/m0/s1. The van der Waals surface area contributed by atoms with E-state index in [9.17, 15) is 9.59 Å². The topological polar surface area (TPSA) is 55.4 Å². The van der Waals surface area contributed by atoms with Crippen LogP contribution in [0.5, 0.6) is 0 Å². The zero-order valence-corrected chi connectivity index (χ0v) is 4.96. The van der Waals surface area contributed by atoms with Crippen LogP contribution in [0.2, 0.25) is 0 Å². The van der Waals surface area contributed by atoms with Crippen LogP contribution in [0.15, 0.2) is 0 Å². The molecule has 0 spiro atoms. The van der Waals surface area contributed by atoms with Crippen molar-refractivity contribution in [3.8, 4) is 0 Å². The molecule has 4 nitrogen and oxygen atoms in total. The van der Waals surface area contributed by atoms with E-state index in [4.69, 9.17) is 0 Å². The summed E-state index contributed by atoms with van der Waals surface area (Å²) in [6.07, 6.45) is -0.176. The van der Waals surface area contributed by atoms with E-state index in [1.165, 1.54) is 0 Å². The Morgan fingerprint density at radius 3 is 2.67 bits per heavy atom. The summed E-state index contributed by atoms with van der Waals surface area (Å²) in [4.78, 5) is 20.4. The number of rotatable bonds is 1. The molecule has 0 radical (unpaired) electrons. The van der Waals surface area contributed by atoms with Gasteiger partial charge in [0.05, 0.1) is 0 Å². The first-order valence-electron chi connectivity index (χ1n) is 2.66. The van der Waals surface area contributed by atoms with Gasteiger partial charge in [-0.3, -0.25) is 0 Å². The summed E-state index contributed by atoms with van der Waals surface area (Å²) in [5.41, 5.74) is 0. The van der Waals surface area contributed by atoms with E-state index in [1.54, 1.807) is 6.92 Å². The fourth-order valence-corrected chi connectivity index (χ4v) is 0.674. The Morgan fingerprint density at radius 1 is 1.78 bits per heavy atom. The van der Waals surface area contributed by atoms with Crippen LogP contribution in [0.3, 0.4) is 0 Å². The molecule has 4 heteroatoms. The van der Waals surface area contributed by atoms with Gasteiger partial charge >= 0.3 is 6.09 Å². The van der Waals surface area contributed by atoms with Crippen molar-refractivity contribution >= 4 is 12.4 Å². The van der Waals surface area contributed by atoms with Gasteiger partial charge < -0.3 is 14.8 Å². The molecule has 1 rings (SSSR count). The lowest BCUT2D eigenvalue weighted by atomic mass is 10.2. The van der Waals surface area contributed by atoms with Crippen LogP contribution in [0.1, 0.15) is 6.92 Å². The second kappa shape index (κ2) is 2.05. The van der Waals surface area contributed by atoms with E-state index in [1.807, 2.05) is 0 Å². The predicted octanol–water partition coefficient (Wildman–Crippen LogP) is -0.318. The molecule has 0 bridgehead atoms. The molecule has 1 heterocycles. The molecule has 1 saturated heterocycles. The predicted molar refractivity (Wildman–Crippen MR) is 28.9 cm³/mol. The summed E-state index contributed by atoms with van der Waals surface area (Å²) < 4.78 is 4.58.